The zero-order chi connectivity index (χ0) is 15.8. The van der Waals surface area contributed by atoms with Gasteiger partial charge in [0.1, 0.15) is 5.82 Å². The van der Waals surface area contributed by atoms with Crippen LogP contribution < -0.4 is 5.73 Å². The maximum Gasteiger partial charge on any atom is 0.137 e. The number of nitrogens with two attached hydrogens (primary N) is 1. The summed E-state index contributed by atoms with van der Waals surface area (Å²) in [6, 6.07) is 5.65. The van der Waals surface area contributed by atoms with E-state index in [1.165, 1.54) is 6.07 Å². The Labute approximate surface area is 135 Å². The highest BCUT2D eigenvalue weighted by Crippen LogP contribution is 2.27. The lowest BCUT2D eigenvalue weighted by molar-refractivity contribution is 0.0817. The standard InChI is InChI=1S/C16H26BrFN2O/c1-4-13(5-2)20(8-9-21-3)16(11-19)12-6-7-15(18)14(17)10-12/h6-7,10,13,16H,4-5,8-9,11,19H2,1-3H3. The molecule has 0 radical (unpaired) electrons. The van der Waals surface area contributed by atoms with E-state index in [0.717, 1.165) is 24.9 Å². The number of halogens is 2. The summed E-state index contributed by atoms with van der Waals surface area (Å²) in [5, 5.41) is 0. The summed E-state index contributed by atoms with van der Waals surface area (Å²) in [5.74, 6) is -0.250. The predicted molar refractivity (Wildman–Crippen MR) is 88.8 cm³/mol. The smallest absolute Gasteiger partial charge is 0.137 e. The molecule has 0 aliphatic heterocycles. The minimum absolute atomic E-state index is 0.0712. The topological polar surface area (TPSA) is 38.5 Å². The molecule has 1 aromatic carbocycles. The Morgan fingerprint density at radius 1 is 1.33 bits per heavy atom. The number of methoxy groups -OCH3 is 1. The number of hydrogen-bond donors (Lipinski definition) is 1. The molecule has 0 aliphatic carbocycles. The van der Waals surface area contributed by atoms with Crippen molar-refractivity contribution in [2.24, 2.45) is 5.73 Å². The third-order valence-corrected chi connectivity index (χ3v) is 4.52. The van der Waals surface area contributed by atoms with E-state index in [0.29, 0.717) is 23.7 Å². The lowest BCUT2D eigenvalue weighted by atomic mass is 10.0. The normalized spacial score (nSPS) is 13.1. The molecule has 1 unspecified atom stereocenters. The van der Waals surface area contributed by atoms with Crippen LogP contribution >= 0.6 is 15.9 Å². The van der Waals surface area contributed by atoms with Crippen LogP contribution in [0.1, 0.15) is 38.3 Å². The molecule has 0 saturated carbocycles. The van der Waals surface area contributed by atoms with Gasteiger partial charge in [0.05, 0.1) is 11.1 Å². The van der Waals surface area contributed by atoms with Gasteiger partial charge < -0.3 is 10.5 Å². The van der Waals surface area contributed by atoms with Crippen LogP contribution in [0, 0.1) is 5.82 Å². The molecule has 0 fully saturated rings. The van der Waals surface area contributed by atoms with E-state index >= 15 is 0 Å². The Kier molecular flexibility index (Phi) is 8.41. The molecular formula is C16H26BrFN2O. The maximum absolute atomic E-state index is 13.4. The molecule has 2 N–H and O–H groups in total. The van der Waals surface area contributed by atoms with E-state index < -0.39 is 0 Å². The van der Waals surface area contributed by atoms with E-state index in [1.54, 1.807) is 7.11 Å². The zero-order valence-electron chi connectivity index (χ0n) is 13.1. The van der Waals surface area contributed by atoms with Gasteiger partial charge >= 0.3 is 0 Å². The van der Waals surface area contributed by atoms with Crippen molar-refractivity contribution in [3.63, 3.8) is 0 Å². The number of hydrogen-bond acceptors (Lipinski definition) is 3. The van der Waals surface area contributed by atoms with Crippen molar-refractivity contribution in [1.82, 2.24) is 4.90 Å². The first-order valence-corrected chi connectivity index (χ1v) is 8.27. The molecule has 0 spiro atoms. The molecule has 0 heterocycles. The summed E-state index contributed by atoms with van der Waals surface area (Å²) in [5.41, 5.74) is 7.06. The Balaban J connectivity index is 3.06. The molecule has 0 saturated heterocycles. The predicted octanol–water partition coefficient (Wildman–Crippen LogP) is 3.73. The lowest BCUT2D eigenvalue weighted by Gasteiger charge is -2.37. The highest BCUT2D eigenvalue weighted by Gasteiger charge is 2.25. The fourth-order valence-electron chi connectivity index (χ4n) is 2.73. The zero-order valence-corrected chi connectivity index (χ0v) is 14.7. The Bertz CT molecular complexity index is 427. The van der Waals surface area contributed by atoms with Crippen LogP contribution in [0.15, 0.2) is 22.7 Å². The molecular weight excluding hydrogens is 335 g/mol. The van der Waals surface area contributed by atoms with E-state index in [2.05, 4.69) is 34.7 Å². The Morgan fingerprint density at radius 3 is 2.48 bits per heavy atom. The van der Waals surface area contributed by atoms with Crippen molar-refractivity contribution < 1.29 is 9.13 Å². The summed E-state index contributed by atoms with van der Waals surface area (Å²) in [6.07, 6.45) is 2.11. The number of nitrogens with zero attached hydrogens (tertiary/aromatic N) is 1. The molecule has 0 bridgehead atoms. The summed E-state index contributed by atoms with van der Waals surface area (Å²) < 4.78 is 19.2. The first kappa shape index (κ1) is 18.6. The third-order valence-electron chi connectivity index (χ3n) is 3.92. The molecule has 3 nitrogen and oxygen atoms in total. The average Bonchev–Trinajstić information content (AvgIpc) is 2.49. The number of rotatable bonds is 9. The van der Waals surface area contributed by atoms with Crippen molar-refractivity contribution in [2.75, 3.05) is 26.8 Å². The van der Waals surface area contributed by atoms with Crippen LogP contribution in [0.5, 0.6) is 0 Å². The minimum Gasteiger partial charge on any atom is -0.383 e. The molecule has 1 rings (SSSR count). The van der Waals surface area contributed by atoms with Gasteiger partial charge in [0.2, 0.25) is 0 Å². The molecule has 21 heavy (non-hydrogen) atoms. The highest BCUT2D eigenvalue weighted by atomic mass is 79.9. The fourth-order valence-corrected chi connectivity index (χ4v) is 3.13. The second-order valence-electron chi connectivity index (χ2n) is 5.13. The summed E-state index contributed by atoms with van der Waals surface area (Å²) >= 11 is 3.26. The summed E-state index contributed by atoms with van der Waals surface area (Å²) in [6.45, 7) is 6.34. The van der Waals surface area contributed by atoms with Crippen LogP contribution in [-0.2, 0) is 4.74 Å². The first-order valence-electron chi connectivity index (χ1n) is 7.48. The summed E-state index contributed by atoms with van der Waals surface area (Å²) in [4.78, 5) is 2.38. The Morgan fingerprint density at radius 2 is 2.00 bits per heavy atom. The molecule has 5 heteroatoms. The van der Waals surface area contributed by atoms with Crippen LogP contribution in [0.2, 0.25) is 0 Å². The van der Waals surface area contributed by atoms with Gasteiger partial charge in [0.15, 0.2) is 0 Å². The van der Waals surface area contributed by atoms with Crippen LogP contribution in [-0.4, -0.2) is 37.7 Å². The van der Waals surface area contributed by atoms with Gasteiger partial charge in [-0.25, -0.2) is 4.39 Å². The maximum atomic E-state index is 13.4. The summed E-state index contributed by atoms with van der Waals surface area (Å²) in [7, 11) is 1.71. The number of benzene rings is 1. The second-order valence-corrected chi connectivity index (χ2v) is 5.98. The molecule has 120 valence electrons. The van der Waals surface area contributed by atoms with Gasteiger partial charge in [-0.05, 0) is 46.5 Å². The van der Waals surface area contributed by atoms with Gasteiger partial charge in [-0.3, -0.25) is 4.90 Å². The van der Waals surface area contributed by atoms with E-state index in [1.807, 2.05) is 12.1 Å². The number of ether oxygens (including phenoxy) is 1. The minimum atomic E-state index is -0.250. The molecule has 0 aromatic heterocycles. The van der Waals surface area contributed by atoms with Crippen molar-refractivity contribution >= 4 is 15.9 Å². The monoisotopic (exact) mass is 360 g/mol. The quantitative estimate of drug-likeness (QED) is 0.729. The van der Waals surface area contributed by atoms with E-state index in [-0.39, 0.29) is 11.9 Å². The van der Waals surface area contributed by atoms with E-state index in [9.17, 15) is 4.39 Å². The largest absolute Gasteiger partial charge is 0.383 e. The van der Waals surface area contributed by atoms with Crippen molar-refractivity contribution in [3.05, 3.63) is 34.1 Å². The van der Waals surface area contributed by atoms with Gasteiger partial charge in [-0.1, -0.05) is 19.9 Å². The van der Waals surface area contributed by atoms with Crippen LogP contribution in [0.3, 0.4) is 0 Å². The average molecular weight is 361 g/mol. The SMILES string of the molecule is CCC(CC)N(CCOC)C(CN)c1ccc(F)c(Br)c1. The van der Waals surface area contributed by atoms with Crippen LogP contribution in [0.4, 0.5) is 4.39 Å². The second kappa shape index (κ2) is 9.51. The highest BCUT2D eigenvalue weighted by molar-refractivity contribution is 9.10. The fraction of sp³-hybridized carbons (Fsp3) is 0.625. The molecule has 0 aliphatic rings. The third kappa shape index (κ3) is 5.02. The van der Waals surface area contributed by atoms with Crippen molar-refractivity contribution in [1.29, 1.82) is 0 Å². The lowest BCUT2D eigenvalue weighted by Crippen LogP contribution is -2.42. The van der Waals surface area contributed by atoms with Gasteiger partial charge in [-0.2, -0.15) is 0 Å². The van der Waals surface area contributed by atoms with Crippen molar-refractivity contribution in [2.45, 2.75) is 38.8 Å². The van der Waals surface area contributed by atoms with Crippen LogP contribution in [0.25, 0.3) is 0 Å². The molecule has 0 amide bonds. The van der Waals surface area contributed by atoms with Gasteiger partial charge in [0, 0.05) is 32.3 Å². The van der Waals surface area contributed by atoms with E-state index in [4.69, 9.17) is 10.5 Å². The van der Waals surface area contributed by atoms with Gasteiger partial charge in [0.25, 0.3) is 0 Å². The molecule has 1 atom stereocenters. The Hall–Kier alpha value is -0.490. The van der Waals surface area contributed by atoms with Crippen molar-refractivity contribution in [3.8, 4) is 0 Å². The van der Waals surface area contributed by atoms with Gasteiger partial charge in [-0.15, -0.1) is 0 Å². The first-order chi connectivity index (χ1) is 10.1. The molecule has 1 aromatic rings.